The fourth-order valence-electron chi connectivity index (χ4n) is 2.09. The Morgan fingerprint density at radius 3 is 3.12 bits per heavy atom. The first-order valence-corrected chi connectivity index (χ1v) is 6.70. The Labute approximate surface area is 99.5 Å². The van der Waals surface area contributed by atoms with E-state index in [0.717, 1.165) is 24.6 Å². The zero-order chi connectivity index (χ0) is 10.8. The fourth-order valence-corrected chi connectivity index (χ4v) is 3.26. The van der Waals surface area contributed by atoms with Gasteiger partial charge in [-0.2, -0.15) is 11.8 Å². The first-order valence-electron chi connectivity index (χ1n) is 5.65. The van der Waals surface area contributed by atoms with Crippen LogP contribution in [0.2, 0.25) is 0 Å². The van der Waals surface area contributed by atoms with Crippen LogP contribution in [0.5, 0.6) is 11.5 Å². The third-order valence-electron chi connectivity index (χ3n) is 2.95. The van der Waals surface area contributed by atoms with Crippen molar-refractivity contribution < 1.29 is 9.47 Å². The van der Waals surface area contributed by atoms with Crippen molar-refractivity contribution >= 4 is 11.8 Å². The van der Waals surface area contributed by atoms with Crippen molar-refractivity contribution in [1.82, 2.24) is 5.32 Å². The van der Waals surface area contributed by atoms with Crippen LogP contribution in [0, 0.1) is 0 Å². The molecule has 0 aromatic heterocycles. The molecule has 4 heteroatoms. The number of hydrogen-bond donors (Lipinski definition) is 1. The average Bonchev–Trinajstić information content (AvgIpc) is 2.61. The van der Waals surface area contributed by atoms with Gasteiger partial charge < -0.3 is 14.8 Å². The zero-order valence-corrected chi connectivity index (χ0v) is 9.89. The van der Waals surface area contributed by atoms with E-state index in [0.29, 0.717) is 12.0 Å². The lowest BCUT2D eigenvalue weighted by Gasteiger charge is -2.13. The van der Waals surface area contributed by atoms with Crippen LogP contribution >= 0.6 is 11.8 Å². The second-order valence-electron chi connectivity index (χ2n) is 4.01. The van der Waals surface area contributed by atoms with E-state index in [9.17, 15) is 0 Å². The highest BCUT2D eigenvalue weighted by atomic mass is 32.2. The maximum Gasteiger partial charge on any atom is 0.231 e. The number of hydrogen-bond acceptors (Lipinski definition) is 4. The van der Waals surface area contributed by atoms with Crippen LogP contribution < -0.4 is 14.8 Å². The lowest BCUT2D eigenvalue weighted by molar-refractivity contribution is 0.174. The lowest BCUT2D eigenvalue weighted by Crippen LogP contribution is -2.15. The largest absolute Gasteiger partial charge is 0.454 e. The molecule has 3 rings (SSSR count). The summed E-state index contributed by atoms with van der Waals surface area (Å²) < 4.78 is 10.7. The van der Waals surface area contributed by atoms with Gasteiger partial charge in [0.1, 0.15) is 0 Å². The number of nitrogens with one attached hydrogen (secondary N) is 1. The molecule has 0 radical (unpaired) electrons. The zero-order valence-electron chi connectivity index (χ0n) is 9.07. The maximum absolute atomic E-state index is 5.41. The van der Waals surface area contributed by atoms with E-state index in [2.05, 4.69) is 17.4 Å². The Bertz CT molecular complexity index is 375. The van der Waals surface area contributed by atoms with Gasteiger partial charge in [-0.15, -0.1) is 0 Å². The SMILES string of the molecule is c1cc2c(cc1C1CCNCCS1)OCO2. The molecule has 0 aliphatic carbocycles. The van der Waals surface area contributed by atoms with E-state index in [1.54, 1.807) is 0 Å². The van der Waals surface area contributed by atoms with Crippen LogP contribution in [-0.4, -0.2) is 25.6 Å². The van der Waals surface area contributed by atoms with Crippen molar-refractivity contribution in [3.8, 4) is 11.5 Å². The number of thioether (sulfide) groups is 1. The number of rotatable bonds is 1. The molecular weight excluding hydrogens is 222 g/mol. The summed E-state index contributed by atoms with van der Waals surface area (Å²) in [6.07, 6.45) is 1.18. The normalized spacial score (nSPS) is 24.1. The molecule has 16 heavy (non-hydrogen) atoms. The van der Waals surface area contributed by atoms with Gasteiger partial charge in [0.15, 0.2) is 11.5 Å². The minimum absolute atomic E-state index is 0.359. The van der Waals surface area contributed by atoms with Gasteiger partial charge in [-0.3, -0.25) is 0 Å². The topological polar surface area (TPSA) is 30.5 Å². The third kappa shape index (κ3) is 1.99. The first-order chi connectivity index (χ1) is 7.93. The number of benzene rings is 1. The molecule has 0 saturated carbocycles. The quantitative estimate of drug-likeness (QED) is 0.811. The van der Waals surface area contributed by atoms with Gasteiger partial charge in [-0.05, 0) is 30.7 Å². The Balaban J connectivity index is 1.82. The van der Waals surface area contributed by atoms with Crippen LogP contribution in [0.15, 0.2) is 18.2 Å². The lowest BCUT2D eigenvalue weighted by atomic mass is 10.1. The highest BCUT2D eigenvalue weighted by molar-refractivity contribution is 7.99. The predicted molar refractivity (Wildman–Crippen MR) is 65.3 cm³/mol. The van der Waals surface area contributed by atoms with Crippen LogP contribution in [0.1, 0.15) is 17.2 Å². The van der Waals surface area contributed by atoms with Gasteiger partial charge >= 0.3 is 0 Å². The van der Waals surface area contributed by atoms with E-state index in [1.165, 1.54) is 17.7 Å². The second kappa shape index (κ2) is 4.55. The smallest absolute Gasteiger partial charge is 0.231 e. The highest BCUT2D eigenvalue weighted by Crippen LogP contribution is 2.39. The summed E-state index contributed by atoms with van der Waals surface area (Å²) in [4.78, 5) is 0. The van der Waals surface area contributed by atoms with Crippen molar-refractivity contribution in [2.75, 3.05) is 25.6 Å². The van der Waals surface area contributed by atoms with Gasteiger partial charge in [0, 0.05) is 17.5 Å². The second-order valence-corrected chi connectivity index (χ2v) is 5.32. The molecular formula is C12H15NO2S. The van der Waals surface area contributed by atoms with Crippen molar-refractivity contribution in [1.29, 1.82) is 0 Å². The Morgan fingerprint density at radius 1 is 1.19 bits per heavy atom. The fraction of sp³-hybridized carbons (Fsp3) is 0.500. The molecule has 2 aliphatic heterocycles. The predicted octanol–water partition coefficient (Wildman–Crippen LogP) is 2.18. The molecule has 1 unspecified atom stereocenters. The minimum atomic E-state index is 0.359. The van der Waals surface area contributed by atoms with Crippen molar-refractivity contribution in [2.24, 2.45) is 0 Å². The Kier molecular flexibility index (Phi) is 2.93. The molecule has 1 aromatic carbocycles. The molecule has 1 N–H and O–H groups in total. The summed E-state index contributed by atoms with van der Waals surface area (Å²) in [5, 5.41) is 4.01. The molecule has 0 amide bonds. The number of fused-ring (bicyclic) bond motifs is 1. The number of ether oxygens (including phenoxy) is 2. The molecule has 1 atom stereocenters. The van der Waals surface area contributed by atoms with E-state index in [-0.39, 0.29) is 0 Å². The molecule has 1 aromatic rings. The summed E-state index contributed by atoms with van der Waals surface area (Å²) in [7, 11) is 0. The van der Waals surface area contributed by atoms with Gasteiger partial charge in [-0.1, -0.05) is 6.07 Å². The van der Waals surface area contributed by atoms with Crippen LogP contribution in [0.3, 0.4) is 0 Å². The summed E-state index contributed by atoms with van der Waals surface area (Å²) in [6, 6.07) is 6.32. The van der Waals surface area contributed by atoms with Crippen molar-refractivity contribution in [3.63, 3.8) is 0 Å². The monoisotopic (exact) mass is 237 g/mol. The van der Waals surface area contributed by atoms with Crippen LogP contribution in [0.25, 0.3) is 0 Å². The van der Waals surface area contributed by atoms with Gasteiger partial charge in [-0.25, -0.2) is 0 Å². The molecule has 2 heterocycles. The maximum atomic E-state index is 5.41. The summed E-state index contributed by atoms with van der Waals surface area (Å²) in [5.74, 6) is 2.95. The Morgan fingerprint density at radius 2 is 2.12 bits per heavy atom. The first kappa shape index (κ1) is 10.3. The van der Waals surface area contributed by atoms with Crippen LogP contribution in [-0.2, 0) is 0 Å². The highest BCUT2D eigenvalue weighted by Gasteiger charge is 2.19. The van der Waals surface area contributed by atoms with Crippen molar-refractivity contribution in [3.05, 3.63) is 23.8 Å². The standard InChI is InChI=1S/C12H15NO2S/c1-2-10-11(15-8-14-10)7-9(1)12-3-4-13-5-6-16-12/h1-2,7,12-13H,3-6,8H2. The van der Waals surface area contributed by atoms with E-state index >= 15 is 0 Å². The summed E-state index contributed by atoms with van der Waals surface area (Å²) in [5.41, 5.74) is 1.36. The molecule has 0 spiro atoms. The van der Waals surface area contributed by atoms with Crippen molar-refractivity contribution in [2.45, 2.75) is 11.7 Å². The molecule has 3 nitrogen and oxygen atoms in total. The Hall–Kier alpha value is -0.870. The molecule has 86 valence electrons. The third-order valence-corrected chi connectivity index (χ3v) is 4.30. The summed E-state index contributed by atoms with van der Waals surface area (Å²) in [6.45, 7) is 2.58. The average molecular weight is 237 g/mol. The molecule has 2 aliphatic rings. The van der Waals surface area contributed by atoms with E-state index in [4.69, 9.17) is 9.47 Å². The van der Waals surface area contributed by atoms with Gasteiger partial charge in [0.25, 0.3) is 0 Å². The molecule has 1 saturated heterocycles. The van der Waals surface area contributed by atoms with E-state index < -0.39 is 0 Å². The molecule has 0 bridgehead atoms. The van der Waals surface area contributed by atoms with Gasteiger partial charge in [0.05, 0.1) is 0 Å². The summed E-state index contributed by atoms with van der Waals surface area (Å²) >= 11 is 2.02. The van der Waals surface area contributed by atoms with E-state index in [1.807, 2.05) is 17.8 Å². The minimum Gasteiger partial charge on any atom is -0.454 e. The van der Waals surface area contributed by atoms with Crippen LogP contribution in [0.4, 0.5) is 0 Å². The van der Waals surface area contributed by atoms with Gasteiger partial charge in [0.2, 0.25) is 6.79 Å². The molecule has 1 fully saturated rings.